The van der Waals surface area contributed by atoms with Crippen molar-refractivity contribution in [3.8, 4) is 0 Å². The first-order chi connectivity index (χ1) is 10.9. The number of benzene rings is 1. The molecular weight excluding hydrogens is 427 g/mol. The first-order valence-corrected chi connectivity index (χ1v) is 9.57. The van der Waals surface area contributed by atoms with Gasteiger partial charge in [-0.05, 0) is 72.9 Å². The summed E-state index contributed by atoms with van der Waals surface area (Å²) in [4.78, 5) is 12.2. The predicted octanol–water partition coefficient (Wildman–Crippen LogP) is 5.17. The second kappa shape index (κ2) is 10.5. The van der Waals surface area contributed by atoms with Crippen LogP contribution in [0.2, 0.25) is 0 Å². The van der Waals surface area contributed by atoms with Crippen LogP contribution in [0.15, 0.2) is 24.3 Å². The molecule has 0 amide bonds. The molecule has 130 valence electrons. The summed E-state index contributed by atoms with van der Waals surface area (Å²) in [6.45, 7) is 4.59. The molecule has 0 fully saturated rings. The van der Waals surface area contributed by atoms with Crippen LogP contribution in [0.5, 0.6) is 0 Å². The van der Waals surface area contributed by atoms with Crippen molar-refractivity contribution >= 4 is 40.2 Å². The lowest BCUT2D eigenvalue weighted by molar-refractivity contribution is -0.155. The van der Waals surface area contributed by atoms with Gasteiger partial charge in [-0.2, -0.15) is 0 Å². The van der Waals surface area contributed by atoms with Crippen LogP contribution in [-0.4, -0.2) is 25.1 Å². The number of halogens is 2. The van der Waals surface area contributed by atoms with Crippen molar-refractivity contribution in [2.24, 2.45) is 5.41 Å². The molecule has 0 saturated heterocycles. The largest absolute Gasteiger partial charge is 0.469 e. The minimum atomic E-state index is -0.545. The summed E-state index contributed by atoms with van der Waals surface area (Å²) in [5.74, 6) is 0.367. The van der Waals surface area contributed by atoms with Crippen LogP contribution in [0.3, 0.4) is 0 Å². The second-order valence-corrected chi connectivity index (χ2v) is 7.64. The van der Waals surface area contributed by atoms with E-state index in [1.54, 1.807) is 0 Å². The maximum absolute atomic E-state index is 12.2. The second-order valence-electron chi connectivity index (χ2n) is 6.02. The summed E-state index contributed by atoms with van der Waals surface area (Å²) < 4.78 is 12.2. The highest BCUT2D eigenvalue weighted by atomic mass is 127. The first kappa shape index (κ1) is 20.7. The number of carbonyl (C=O) groups excluding carboxylic acids is 1. The molecule has 0 bridgehead atoms. The number of ether oxygens (including phenoxy) is 2. The van der Waals surface area contributed by atoms with Crippen LogP contribution in [0, 0.1) is 8.99 Å². The van der Waals surface area contributed by atoms with E-state index in [2.05, 4.69) is 53.8 Å². The Bertz CT molecular complexity index is 478. The number of alkyl halides is 1. The normalized spacial score (nSPS) is 15.0. The highest BCUT2D eigenvalue weighted by Gasteiger charge is 2.36. The van der Waals surface area contributed by atoms with Crippen molar-refractivity contribution in [1.29, 1.82) is 0 Å². The Morgan fingerprint density at radius 2 is 2.00 bits per heavy atom. The Balaban J connectivity index is 2.66. The molecule has 3 nitrogen and oxygen atoms in total. The van der Waals surface area contributed by atoms with E-state index in [1.165, 1.54) is 10.7 Å². The molecule has 0 radical (unpaired) electrons. The van der Waals surface area contributed by atoms with Crippen LogP contribution in [0.4, 0.5) is 0 Å². The summed E-state index contributed by atoms with van der Waals surface area (Å²) in [7, 11) is 1.44. The van der Waals surface area contributed by atoms with Gasteiger partial charge in [-0.15, -0.1) is 11.6 Å². The summed E-state index contributed by atoms with van der Waals surface area (Å²) in [6.07, 6.45) is 3.04. The summed E-state index contributed by atoms with van der Waals surface area (Å²) >= 11 is 8.08. The number of methoxy groups -OCH3 is 1. The molecule has 0 N–H and O–H groups in total. The van der Waals surface area contributed by atoms with Gasteiger partial charge in [0.1, 0.15) is 0 Å². The minimum Gasteiger partial charge on any atom is -0.469 e. The van der Waals surface area contributed by atoms with E-state index in [9.17, 15) is 4.79 Å². The molecule has 0 aliphatic heterocycles. The topological polar surface area (TPSA) is 35.5 Å². The summed E-state index contributed by atoms with van der Waals surface area (Å²) in [6, 6.07) is 8.28. The van der Waals surface area contributed by atoms with Crippen molar-refractivity contribution < 1.29 is 14.3 Å². The number of hydrogen-bond acceptors (Lipinski definition) is 3. The van der Waals surface area contributed by atoms with Gasteiger partial charge in [-0.25, -0.2) is 0 Å². The summed E-state index contributed by atoms with van der Waals surface area (Å²) in [5, 5.41) is 0. The highest BCUT2D eigenvalue weighted by molar-refractivity contribution is 14.1. The molecular formula is C18H26ClIO3. The van der Waals surface area contributed by atoms with Gasteiger partial charge < -0.3 is 9.47 Å². The van der Waals surface area contributed by atoms with E-state index in [1.807, 2.05) is 6.92 Å². The van der Waals surface area contributed by atoms with Gasteiger partial charge in [0, 0.05) is 9.45 Å². The molecule has 0 aliphatic rings. The lowest BCUT2D eigenvalue weighted by Gasteiger charge is -2.30. The SMILES string of the molecule is CC[C@@H](C[C@](C)(CCCCl)C(=O)OC)OCc1ccc(I)cc1. The Kier molecular flexibility index (Phi) is 9.47. The van der Waals surface area contributed by atoms with E-state index in [0.717, 1.165) is 18.4 Å². The Morgan fingerprint density at radius 3 is 2.52 bits per heavy atom. The van der Waals surface area contributed by atoms with Crippen LogP contribution >= 0.6 is 34.2 Å². The van der Waals surface area contributed by atoms with E-state index < -0.39 is 5.41 Å². The zero-order valence-corrected chi connectivity index (χ0v) is 17.0. The fraction of sp³-hybridized carbons (Fsp3) is 0.611. The van der Waals surface area contributed by atoms with E-state index >= 15 is 0 Å². The third-order valence-corrected chi connectivity index (χ3v) is 5.06. The van der Waals surface area contributed by atoms with E-state index in [4.69, 9.17) is 21.1 Å². The van der Waals surface area contributed by atoms with E-state index in [-0.39, 0.29) is 12.1 Å². The Morgan fingerprint density at radius 1 is 1.35 bits per heavy atom. The van der Waals surface area contributed by atoms with Gasteiger partial charge >= 0.3 is 5.97 Å². The molecule has 0 unspecified atom stereocenters. The molecule has 1 aromatic rings. The van der Waals surface area contributed by atoms with Gasteiger partial charge in [0.05, 0.1) is 25.2 Å². The molecule has 2 atom stereocenters. The maximum Gasteiger partial charge on any atom is 0.311 e. The zero-order valence-electron chi connectivity index (χ0n) is 14.1. The Hall–Kier alpha value is -0.330. The van der Waals surface area contributed by atoms with Gasteiger partial charge in [0.2, 0.25) is 0 Å². The smallest absolute Gasteiger partial charge is 0.311 e. The first-order valence-electron chi connectivity index (χ1n) is 7.95. The maximum atomic E-state index is 12.2. The van der Waals surface area contributed by atoms with Gasteiger partial charge in [-0.1, -0.05) is 19.1 Å². The van der Waals surface area contributed by atoms with Gasteiger partial charge in [0.15, 0.2) is 0 Å². The average molecular weight is 453 g/mol. The fourth-order valence-electron chi connectivity index (χ4n) is 2.61. The van der Waals surface area contributed by atoms with Crippen LogP contribution in [-0.2, 0) is 20.9 Å². The number of rotatable bonds is 10. The molecule has 5 heteroatoms. The highest BCUT2D eigenvalue weighted by Crippen LogP contribution is 2.33. The molecule has 1 rings (SSSR count). The predicted molar refractivity (Wildman–Crippen MR) is 103 cm³/mol. The minimum absolute atomic E-state index is 0.0219. The lowest BCUT2D eigenvalue weighted by atomic mass is 9.80. The quantitative estimate of drug-likeness (QED) is 0.279. The Labute approximate surface area is 158 Å². The summed E-state index contributed by atoms with van der Waals surface area (Å²) in [5.41, 5.74) is 0.598. The zero-order chi connectivity index (χ0) is 17.3. The molecule has 0 aliphatic carbocycles. The van der Waals surface area contributed by atoms with E-state index in [0.29, 0.717) is 25.3 Å². The monoisotopic (exact) mass is 452 g/mol. The van der Waals surface area contributed by atoms with Crippen molar-refractivity contribution in [2.75, 3.05) is 13.0 Å². The van der Waals surface area contributed by atoms with Crippen LogP contribution < -0.4 is 0 Å². The molecule has 0 spiro atoms. The third-order valence-electron chi connectivity index (χ3n) is 4.07. The van der Waals surface area contributed by atoms with Crippen molar-refractivity contribution in [2.45, 2.75) is 52.2 Å². The fourth-order valence-corrected chi connectivity index (χ4v) is 3.10. The molecule has 0 aromatic heterocycles. The van der Waals surface area contributed by atoms with Crippen LogP contribution in [0.1, 0.15) is 45.1 Å². The van der Waals surface area contributed by atoms with Gasteiger partial charge in [-0.3, -0.25) is 4.79 Å². The van der Waals surface area contributed by atoms with Crippen LogP contribution in [0.25, 0.3) is 0 Å². The van der Waals surface area contributed by atoms with Gasteiger partial charge in [0.25, 0.3) is 0 Å². The van der Waals surface area contributed by atoms with Crippen molar-refractivity contribution in [1.82, 2.24) is 0 Å². The average Bonchev–Trinajstić information content (AvgIpc) is 2.57. The number of hydrogen-bond donors (Lipinski definition) is 0. The number of esters is 1. The lowest BCUT2D eigenvalue weighted by Crippen LogP contribution is -2.34. The molecule has 23 heavy (non-hydrogen) atoms. The molecule has 0 heterocycles. The molecule has 1 aromatic carbocycles. The third kappa shape index (κ3) is 6.98. The number of carbonyl (C=O) groups is 1. The molecule has 0 saturated carbocycles. The van der Waals surface area contributed by atoms with Crippen molar-refractivity contribution in [3.63, 3.8) is 0 Å². The standard InChI is InChI=1S/C18H26ClIO3/c1-4-16(23-13-14-6-8-15(20)9-7-14)12-18(2,10-5-11-19)17(21)22-3/h6-9,16H,4-5,10-13H2,1-3H3/t16-,18-/m0/s1. The van der Waals surface area contributed by atoms with Crippen molar-refractivity contribution in [3.05, 3.63) is 33.4 Å².